The van der Waals surface area contributed by atoms with E-state index in [0.717, 1.165) is 19.4 Å². The normalized spacial score (nSPS) is 25.6. The molecule has 2 heterocycles. The summed E-state index contributed by atoms with van der Waals surface area (Å²) in [7, 11) is 0. The Labute approximate surface area is 99.3 Å². The van der Waals surface area contributed by atoms with Gasteiger partial charge in [-0.2, -0.15) is 0 Å². The van der Waals surface area contributed by atoms with E-state index < -0.39 is 0 Å². The van der Waals surface area contributed by atoms with E-state index in [1.54, 1.807) is 16.7 Å². The van der Waals surface area contributed by atoms with Crippen LogP contribution in [0.2, 0.25) is 0 Å². The van der Waals surface area contributed by atoms with Crippen molar-refractivity contribution in [3.8, 4) is 0 Å². The molecule has 6 heteroatoms. The summed E-state index contributed by atoms with van der Waals surface area (Å²) in [6, 6.07) is 0.179. The van der Waals surface area contributed by atoms with Gasteiger partial charge in [0.2, 0.25) is 11.8 Å². The van der Waals surface area contributed by atoms with E-state index in [-0.39, 0.29) is 24.4 Å². The topological polar surface area (TPSA) is 66.6 Å². The summed E-state index contributed by atoms with van der Waals surface area (Å²) in [5, 5.41) is 0. The summed E-state index contributed by atoms with van der Waals surface area (Å²) >= 11 is 1.56. The Hall–Kier alpha value is -0.750. The predicted molar refractivity (Wildman–Crippen MR) is 62.8 cm³/mol. The summed E-state index contributed by atoms with van der Waals surface area (Å²) in [6.45, 7) is 1.53. The highest BCUT2D eigenvalue weighted by Gasteiger charge is 2.30. The van der Waals surface area contributed by atoms with Gasteiger partial charge in [-0.05, 0) is 12.8 Å². The van der Waals surface area contributed by atoms with Crippen molar-refractivity contribution in [3.05, 3.63) is 0 Å². The molecule has 2 saturated heterocycles. The van der Waals surface area contributed by atoms with E-state index in [4.69, 9.17) is 5.73 Å². The molecule has 2 aliphatic heterocycles. The predicted octanol–water partition coefficient (Wildman–Crippen LogP) is -0.531. The first kappa shape index (κ1) is 11.7. The van der Waals surface area contributed by atoms with Crippen LogP contribution in [0.25, 0.3) is 0 Å². The molecule has 2 amide bonds. The van der Waals surface area contributed by atoms with E-state index in [2.05, 4.69) is 0 Å². The molecule has 2 fully saturated rings. The van der Waals surface area contributed by atoms with E-state index in [1.807, 2.05) is 4.90 Å². The number of nitrogens with two attached hydrogens (primary N) is 1. The van der Waals surface area contributed by atoms with Crippen molar-refractivity contribution in [2.45, 2.75) is 18.9 Å². The number of carbonyl (C=O) groups is 2. The monoisotopic (exact) mass is 243 g/mol. The van der Waals surface area contributed by atoms with E-state index in [0.29, 0.717) is 18.2 Å². The molecule has 0 saturated carbocycles. The SMILES string of the molecule is NCC1CCCN1C(=O)CN1CSCC1=O. The van der Waals surface area contributed by atoms with Gasteiger partial charge < -0.3 is 15.5 Å². The third-order valence-corrected chi connectivity index (χ3v) is 4.07. The highest BCUT2D eigenvalue weighted by Crippen LogP contribution is 2.19. The van der Waals surface area contributed by atoms with E-state index >= 15 is 0 Å². The Morgan fingerprint density at radius 3 is 3.00 bits per heavy atom. The third kappa shape index (κ3) is 2.32. The van der Waals surface area contributed by atoms with Crippen LogP contribution in [0.3, 0.4) is 0 Å². The molecule has 2 rings (SSSR count). The summed E-state index contributed by atoms with van der Waals surface area (Å²) in [5.74, 6) is 1.27. The van der Waals surface area contributed by atoms with Gasteiger partial charge in [-0.15, -0.1) is 11.8 Å². The lowest BCUT2D eigenvalue weighted by Gasteiger charge is -2.25. The zero-order chi connectivity index (χ0) is 11.5. The number of hydrogen-bond donors (Lipinski definition) is 1. The Bertz CT molecular complexity index is 298. The minimum atomic E-state index is 0.0452. The fraction of sp³-hybridized carbons (Fsp3) is 0.800. The first-order chi connectivity index (χ1) is 7.72. The number of amides is 2. The van der Waals surface area contributed by atoms with Crippen molar-refractivity contribution in [2.75, 3.05) is 31.3 Å². The molecule has 0 aliphatic carbocycles. The summed E-state index contributed by atoms with van der Waals surface area (Å²) < 4.78 is 0. The molecule has 2 N–H and O–H groups in total. The standard InChI is InChI=1S/C10H17N3O2S/c11-4-8-2-1-3-13(8)9(14)5-12-7-16-6-10(12)15/h8H,1-7,11H2. The average Bonchev–Trinajstić information content (AvgIpc) is 2.87. The number of likely N-dealkylation sites (tertiary alicyclic amines) is 1. The number of thioether (sulfide) groups is 1. The summed E-state index contributed by atoms with van der Waals surface area (Å²) in [4.78, 5) is 26.8. The summed E-state index contributed by atoms with van der Waals surface area (Å²) in [5.41, 5.74) is 5.62. The molecule has 0 radical (unpaired) electrons. The van der Waals surface area contributed by atoms with Crippen LogP contribution in [0.1, 0.15) is 12.8 Å². The fourth-order valence-electron chi connectivity index (χ4n) is 2.20. The molecule has 0 aromatic carbocycles. The van der Waals surface area contributed by atoms with E-state index in [9.17, 15) is 9.59 Å². The Morgan fingerprint density at radius 2 is 2.38 bits per heavy atom. The third-order valence-electron chi connectivity index (χ3n) is 3.12. The maximum atomic E-state index is 12.0. The van der Waals surface area contributed by atoms with Gasteiger partial charge in [-0.25, -0.2) is 0 Å². The number of hydrogen-bond acceptors (Lipinski definition) is 4. The van der Waals surface area contributed by atoms with Gasteiger partial charge in [0.05, 0.1) is 11.6 Å². The molecule has 0 spiro atoms. The van der Waals surface area contributed by atoms with Gasteiger partial charge in [-0.1, -0.05) is 0 Å². The van der Waals surface area contributed by atoms with Gasteiger partial charge in [0, 0.05) is 19.1 Å². The van der Waals surface area contributed by atoms with Crippen molar-refractivity contribution in [1.29, 1.82) is 0 Å². The van der Waals surface area contributed by atoms with Gasteiger partial charge in [0.25, 0.3) is 0 Å². The highest BCUT2D eigenvalue weighted by atomic mass is 32.2. The second kappa shape index (κ2) is 5.05. The van der Waals surface area contributed by atoms with Gasteiger partial charge in [0.1, 0.15) is 6.54 Å². The minimum Gasteiger partial charge on any atom is -0.337 e. The molecule has 0 bridgehead atoms. The zero-order valence-electron chi connectivity index (χ0n) is 9.22. The average molecular weight is 243 g/mol. The number of nitrogens with zero attached hydrogens (tertiary/aromatic N) is 2. The largest absolute Gasteiger partial charge is 0.337 e. The fourth-order valence-corrected chi connectivity index (χ4v) is 3.11. The van der Waals surface area contributed by atoms with Gasteiger partial charge >= 0.3 is 0 Å². The van der Waals surface area contributed by atoms with E-state index in [1.165, 1.54) is 0 Å². The molecular formula is C10H17N3O2S. The molecule has 0 aromatic rings. The Morgan fingerprint density at radius 1 is 1.56 bits per heavy atom. The molecule has 16 heavy (non-hydrogen) atoms. The molecular weight excluding hydrogens is 226 g/mol. The number of rotatable bonds is 3. The van der Waals surface area contributed by atoms with Crippen LogP contribution in [-0.2, 0) is 9.59 Å². The van der Waals surface area contributed by atoms with Crippen molar-refractivity contribution in [2.24, 2.45) is 5.73 Å². The Balaban J connectivity index is 1.89. The van der Waals surface area contributed by atoms with Crippen LogP contribution in [0.15, 0.2) is 0 Å². The first-order valence-corrected chi connectivity index (χ1v) is 6.73. The zero-order valence-corrected chi connectivity index (χ0v) is 10.0. The van der Waals surface area contributed by atoms with Crippen LogP contribution in [0, 0.1) is 0 Å². The lowest BCUT2D eigenvalue weighted by molar-refractivity contribution is -0.138. The second-order valence-corrected chi connectivity index (χ2v) is 5.14. The quantitative estimate of drug-likeness (QED) is 0.723. The lowest BCUT2D eigenvalue weighted by Crippen LogP contribution is -2.45. The van der Waals surface area contributed by atoms with Gasteiger partial charge in [-0.3, -0.25) is 9.59 Å². The molecule has 0 aromatic heterocycles. The minimum absolute atomic E-state index is 0.0452. The van der Waals surface area contributed by atoms with Crippen LogP contribution >= 0.6 is 11.8 Å². The van der Waals surface area contributed by atoms with Gasteiger partial charge in [0.15, 0.2) is 0 Å². The molecule has 5 nitrogen and oxygen atoms in total. The summed E-state index contributed by atoms with van der Waals surface area (Å²) in [6.07, 6.45) is 2.02. The van der Waals surface area contributed by atoms with Crippen LogP contribution in [0.5, 0.6) is 0 Å². The highest BCUT2D eigenvalue weighted by molar-refractivity contribution is 8.00. The molecule has 90 valence electrons. The van der Waals surface area contributed by atoms with Crippen LogP contribution in [0.4, 0.5) is 0 Å². The molecule has 1 atom stereocenters. The molecule has 1 unspecified atom stereocenters. The number of carbonyl (C=O) groups excluding carboxylic acids is 2. The van der Waals surface area contributed by atoms with Crippen LogP contribution in [-0.4, -0.2) is 58.9 Å². The van der Waals surface area contributed by atoms with Crippen molar-refractivity contribution < 1.29 is 9.59 Å². The lowest BCUT2D eigenvalue weighted by atomic mass is 10.2. The van der Waals surface area contributed by atoms with Crippen LogP contribution < -0.4 is 5.73 Å². The maximum absolute atomic E-state index is 12.0. The first-order valence-electron chi connectivity index (χ1n) is 5.57. The molecule has 2 aliphatic rings. The Kier molecular flexibility index (Phi) is 3.70. The smallest absolute Gasteiger partial charge is 0.242 e. The van der Waals surface area contributed by atoms with Crippen molar-refractivity contribution >= 4 is 23.6 Å². The van der Waals surface area contributed by atoms with Crippen molar-refractivity contribution in [3.63, 3.8) is 0 Å². The van der Waals surface area contributed by atoms with Crippen molar-refractivity contribution in [1.82, 2.24) is 9.80 Å². The second-order valence-electron chi connectivity index (χ2n) is 4.19. The maximum Gasteiger partial charge on any atom is 0.242 e.